The third kappa shape index (κ3) is 2.20. The number of phenols is 1. The van der Waals surface area contributed by atoms with Crippen LogP contribution in [-0.2, 0) is 4.79 Å². The molecule has 4 rings (SSSR count). The minimum atomic E-state index is -0.353. The van der Waals surface area contributed by atoms with Gasteiger partial charge in [-0.3, -0.25) is 4.79 Å². The van der Waals surface area contributed by atoms with Crippen molar-refractivity contribution in [2.75, 3.05) is 4.90 Å². The lowest BCUT2D eigenvalue weighted by atomic mass is 9.60. The molecular formula is C20H20FNO2. The summed E-state index contributed by atoms with van der Waals surface area (Å²) in [6.45, 7) is 0. The number of halogens is 1. The van der Waals surface area contributed by atoms with E-state index in [0.717, 1.165) is 36.9 Å². The van der Waals surface area contributed by atoms with E-state index in [9.17, 15) is 14.3 Å². The van der Waals surface area contributed by atoms with Gasteiger partial charge < -0.3 is 10.0 Å². The molecule has 3 nitrogen and oxygen atoms in total. The monoisotopic (exact) mass is 325 g/mol. The molecule has 1 spiro atoms. The van der Waals surface area contributed by atoms with Crippen molar-refractivity contribution >= 4 is 11.6 Å². The Hall–Kier alpha value is -2.36. The smallest absolute Gasteiger partial charge is 0.236 e. The number of hydrogen-bond acceptors (Lipinski definition) is 2. The summed E-state index contributed by atoms with van der Waals surface area (Å²) in [5, 5.41) is 9.51. The molecule has 1 heterocycles. The summed E-state index contributed by atoms with van der Waals surface area (Å²) in [5.74, 6) is 0.0675. The summed E-state index contributed by atoms with van der Waals surface area (Å²) in [6, 6.07) is 13.2. The van der Waals surface area contributed by atoms with E-state index in [1.807, 2.05) is 0 Å². The van der Waals surface area contributed by atoms with E-state index >= 15 is 0 Å². The lowest BCUT2D eigenvalue weighted by Gasteiger charge is -2.58. The molecule has 1 N–H and O–H groups in total. The minimum absolute atomic E-state index is 0.0598. The zero-order valence-corrected chi connectivity index (χ0v) is 13.4. The van der Waals surface area contributed by atoms with Crippen molar-refractivity contribution < 1.29 is 14.3 Å². The first-order valence-electron chi connectivity index (χ1n) is 8.50. The highest BCUT2D eigenvalue weighted by atomic mass is 19.1. The molecule has 2 aliphatic rings. The first-order valence-corrected chi connectivity index (χ1v) is 8.50. The summed E-state index contributed by atoms with van der Waals surface area (Å²) < 4.78 is 13.3. The zero-order chi connectivity index (χ0) is 16.7. The lowest BCUT2D eigenvalue weighted by Crippen LogP contribution is -2.64. The van der Waals surface area contributed by atoms with Crippen molar-refractivity contribution in [3.8, 4) is 5.75 Å². The topological polar surface area (TPSA) is 40.5 Å². The second-order valence-electron chi connectivity index (χ2n) is 6.86. The third-order valence-corrected chi connectivity index (χ3v) is 5.49. The average Bonchev–Trinajstić information content (AvgIpc) is 2.62. The van der Waals surface area contributed by atoms with Gasteiger partial charge in [0.25, 0.3) is 0 Å². The summed E-state index contributed by atoms with van der Waals surface area (Å²) in [6.07, 6.45) is 5.08. The van der Waals surface area contributed by atoms with Gasteiger partial charge in [0.05, 0.1) is 11.5 Å². The molecule has 1 amide bonds. The van der Waals surface area contributed by atoms with Gasteiger partial charge in [0.15, 0.2) is 0 Å². The van der Waals surface area contributed by atoms with Crippen LogP contribution in [0.1, 0.15) is 43.7 Å². The Labute approximate surface area is 140 Å². The summed E-state index contributed by atoms with van der Waals surface area (Å²) >= 11 is 0. The van der Waals surface area contributed by atoms with Gasteiger partial charge in [-0.05, 0) is 54.8 Å². The van der Waals surface area contributed by atoms with Crippen molar-refractivity contribution in [1.82, 2.24) is 0 Å². The van der Waals surface area contributed by atoms with Crippen LogP contribution in [0.5, 0.6) is 5.75 Å². The molecule has 24 heavy (non-hydrogen) atoms. The van der Waals surface area contributed by atoms with Gasteiger partial charge in [-0.1, -0.05) is 31.4 Å². The van der Waals surface area contributed by atoms with E-state index in [1.165, 1.54) is 18.6 Å². The number of β-lactam (4-membered cyclic amide) rings is 1. The standard InChI is InChI=1S/C20H20FNO2/c21-15-6-4-14(5-7-15)18-20(12-2-1-3-13-20)19(24)22(18)16-8-10-17(23)11-9-16/h4-11,18,23H,1-3,12-13H2. The molecule has 1 aliphatic carbocycles. The van der Waals surface area contributed by atoms with Crippen molar-refractivity contribution in [2.24, 2.45) is 5.41 Å². The maximum atomic E-state index is 13.3. The Bertz CT molecular complexity index is 748. The number of anilines is 1. The molecule has 1 saturated heterocycles. The number of amides is 1. The van der Waals surface area contributed by atoms with E-state index < -0.39 is 0 Å². The second-order valence-corrected chi connectivity index (χ2v) is 6.86. The van der Waals surface area contributed by atoms with Crippen LogP contribution in [0.25, 0.3) is 0 Å². The Kier molecular flexibility index (Phi) is 3.56. The highest BCUT2D eigenvalue weighted by molar-refractivity contribution is 6.06. The number of benzene rings is 2. The number of nitrogens with zero attached hydrogens (tertiary/aromatic N) is 1. The fourth-order valence-electron chi connectivity index (χ4n) is 4.32. The van der Waals surface area contributed by atoms with Crippen LogP contribution in [0.3, 0.4) is 0 Å². The summed E-state index contributed by atoms with van der Waals surface area (Å²) in [4.78, 5) is 14.9. The van der Waals surface area contributed by atoms with Gasteiger partial charge in [-0.2, -0.15) is 0 Å². The Morgan fingerprint density at radius 2 is 1.58 bits per heavy atom. The zero-order valence-electron chi connectivity index (χ0n) is 13.4. The van der Waals surface area contributed by atoms with Crippen LogP contribution in [0, 0.1) is 11.2 Å². The number of aromatic hydroxyl groups is 1. The number of rotatable bonds is 2. The molecule has 1 aliphatic heterocycles. The second kappa shape index (κ2) is 5.62. The molecule has 0 radical (unpaired) electrons. The molecular weight excluding hydrogens is 305 g/mol. The first kappa shape index (κ1) is 15.2. The average molecular weight is 325 g/mol. The fourth-order valence-corrected chi connectivity index (χ4v) is 4.32. The number of carbonyl (C=O) groups is 1. The van der Waals surface area contributed by atoms with Crippen molar-refractivity contribution in [2.45, 2.75) is 38.1 Å². The van der Waals surface area contributed by atoms with Crippen LogP contribution >= 0.6 is 0 Å². The van der Waals surface area contributed by atoms with Gasteiger partial charge in [0.1, 0.15) is 11.6 Å². The molecule has 1 saturated carbocycles. The molecule has 2 fully saturated rings. The van der Waals surface area contributed by atoms with Gasteiger partial charge in [-0.15, -0.1) is 0 Å². The normalized spacial score (nSPS) is 22.5. The van der Waals surface area contributed by atoms with E-state index in [0.29, 0.717) is 0 Å². The SMILES string of the molecule is O=C1N(c2ccc(O)cc2)C(c2ccc(F)cc2)C12CCCCC2. The van der Waals surface area contributed by atoms with Crippen molar-refractivity contribution in [1.29, 1.82) is 0 Å². The predicted octanol–water partition coefficient (Wildman–Crippen LogP) is 4.57. The van der Waals surface area contributed by atoms with Gasteiger partial charge in [0.2, 0.25) is 5.91 Å². The van der Waals surface area contributed by atoms with Crippen LogP contribution < -0.4 is 4.90 Å². The maximum absolute atomic E-state index is 13.3. The van der Waals surface area contributed by atoms with E-state index in [1.54, 1.807) is 41.3 Å². The lowest BCUT2D eigenvalue weighted by molar-refractivity contribution is -0.143. The highest BCUT2D eigenvalue weighted by Crippen LogP contribution is 2.59. The third-order valence-electron chi connectivity index (χ3n) is 5.49. The van der Waals surface area contributed by atoms with Gasteiger partial charge >= 0.3 is 0 Å². The van der Waals surface area contributed by atoms with Crippen LogP contribution in [0.15, 0.2) is 48.5 Å². The molecule has 2 aromatic rings. The predicted molar refractivity (Wildman–Crippen MR) is 90.3 cm³/mol. The van der Waals surface area contributed by atoms with Gasteiger partial charge in [0, 0.05) is 5.69 Å². The Morgan fingerprint density at radius 3 is 2.21 bits per heavy atom. The maximum Gasteiger partial charge on any atom is 0.236 e. The summed E-state index contributed by atoms with van der Waals surface area (Å²) in [5.41, 5.74) is 1.41. The summed E-state index contributed by atoms with van der Waals surface area (Å²) in [7, 11) is 0. The van der Waals surface area contributed by atoms with Crippen LogP contribution in [0.2, 0.25) is 0 Å². The first-order chi connectivity index (χ1) is 11.6. The van der Waals surface area contributed by atoms with E-state index in [4.69, 9.17) is 0 Å². The molecule has 4 heteroatoms. The molecule has 1 atom stereocenters. The molecule has 1 unspecified atom stereocenters. The van der Waals surface area contributed by atoms with E-state index in [2.05, 4.69) is 0 Å². The number of hydrogen-bond donors (Lipinski definition) is 1. The molecule has 0 bridgehead atoms. The Balaban J connectivity index is 1.76. The van der Waals surface area contributed by atoms with Crippen LogP contribution in [0.4, 0.5) is 10.1 Å². The molecule has 0 aromatic heterocycles. The van der Waals surface area contributed by atoms with Gasteiger partial charge in [-0.25, -0.2) is 4.39 Å². The fraction of sp³-hybridized carbons (Fsp3) is 0.350. The quantitative estimate of drug-likeness (QED) is 0.822. The van der Waals surface area contributed by atoms with Crippen LogP contribution in [-0.4, -0.2) is 11.0 Å². The number of phenolic OH excluding ortho intramolecular Hbond substituents is 1. The van der Waals surface area contributed by atoms with E-state index in [-0.39, 0.29) is 28.9 Å². The molecule has 124 valence electrons. The van der Waals surface area contributed by atoms with Crippen molar-refractivity contribution in [3.63, 3.8) is 0 Å². The highest BCUT2D eigenvalue weighted by Gasteiger charge is 2.61. The largest absolute Gasteiger partial charge is 0.508 e. The number of carbonyl (C=O) groups excluding carboxylic acids is 1. The molecule has 2 aromatic carbocycles. The van der Waals surface area contributed by atoms with Crippen molar-refractivity contribution in [3.05, 3.63) is 59.9 Å². The Morgan fingerprint density at radius 1 is 0.958 bits per heavy atom. The minimum Gasteiger partial charge on any atom is -0.508 e.